The van der Waals surface area contributed by atoms with Crippen LogP contribution in [0.5, 0.6) is 0 Å². The summed E-state index contributed by atoms with van der Waals surface area (Å²) in [5.74, 6) is -0.141. The van der Waals surface area contributed by atoms with Gasteiger partial charge in [0.15, 0.2) is 0 Å². The van der Waals surface area contributed by atoms with Gasteiger partial charge in [0.2, 0.25) is 0 Å². The van der Waals surface area contributed by atoms with Crippen LogP contribution in [-0.4, -0.2) is 24.5 Å². The quantitative estimate of drug-likeness (QED) is 0.870. The van der Waals surface area contributed by atoms with Crippen molar-refractivity contribution in [2.24, 2.45) is 5.73 Å². The first-order valence-corrected chi connectivity index (χ1v) is 6.31. The van der Waals surface area contributed by atoms with Crippen molar-refractivity contribution in [2.75, 3.05) is 13.6 Å². The van der Waals surface area contributed by atoms with E-state index in [-0.39, 0.29) is 11.9 Å². The molecular weight excluding hydrogens is 215 g/mol. The summed E-state index contributed by atoms with van der Waals surface area (Å²) in [6.45, 7) is 2.45. The average molecular weight is 236 g/mol. The molecule has 94 valence electrons. The van der Waals surface area contributed by atoms with E-state index in [0.717, 1.165) is 11.1 Å². The molecule has 1 aliphatic carbocycles. The van der Waals surface area contributed by atoms with E-state index in [1.54, 1.807) is 12.1 Å². The highest BCUT2D eigenvalue weighted by molar-refractivity contribution is 5.27. The van der Waals surface area contributed by atoms with Gasteiger partial charge in [-0.1, -0.05) is 24.1 Å². The van der Waals surface area contributed by atoms with Gasteiger partial charge in [-0.2, -0.15) is 0 Å². The molecule has 2 nitrogen and oxygen atoms in total. The molecule has 1 aromatic carbocycles. The third-order valence-electron chi connectivity index (χ3n) is 3.88. The second-order valence-electron chi connectivity index (χ2n) is 5.03. The fourth-order valence-electron chi connectivity index (χ4n) is 2.48. The SMILES string of the molecule is Cc1ccc(F)c(C(CN)N(C)C2CCC2)c1. The fourth-order valence-corrected chi connectivity index (χ4v) is 2.48. The number of nitrogens with two attached hydrogens (primary N) is 1. The van der Waals surface area contributed by atoms with Gasteiger partial charge in [-0.05, 0) is 32.9 Å². The molecule has 1 aliphatic rings. The number of hydrogen-bond acceptors (Lipinski definition) is 2. The van der Waals surface area contributed by atoms with Crippen molar-refractivity contribution in [1.29, 1.82) is 0 Å². The number of likely N-dealkylation sites (N-methyl/N-ethyl adjacent to an activating group) is 1. The van der Waals surface area contributed by atoms with Crippen LogP contribution in [0, 0.1) is 12.7 Å². The summed E-state index contributed by atoms with van der Waals surface area (Å²) < 4.78 is 13.9. The maximum Gasteiger partial charge on any atom is 0.128 e. The minimum atomic E-state index is -0.141. The first kappa shape index (κ1) is 12.5. The lowest BCUT2D eigenvalue weighted by atomic mass is 9.89. The van der Waals surface area contributed by atoms with Gasteiger partial charge in [0.05, 0.1) is 0 Å². The molecule has 2 N–H and O–H groups in total. The molecule has 17 heavy (non-hydrogen) atoms. The lowest BCUT2D eigenvalue weighted by molar-refractivity contribution is 0.111. The number of halogens is 1. The molecule has 0 saturated heterocycles. The van der Waals surface area contributed by atoms with Crippen molar-refractivity contribution in [3.8, 4) is 0 Å². The van der Waals surface area contributed by atoms with Crippen LogP contribution < -0.4 is 5.73 Å². The van der Waals surface area contributed by atoms with Crippen LogP contribution >= 0.6 is 0 Å². The fraction of sp³-hybridized carbons (Fsp3) is 0.571. The molecule has 0 spiro atoms. The van der Waals surface area contributed by atoms with Gasteiger partial charge in [-0.3, -0.25) is 4.90 Å². The van der Waals surface area contributed by atoms with Crippen LogP contribution in [0.2, 0.25) is 0 Å². The van der Waals surface area contributed by atoms with E-state index >= 15 is 0 Å². The highest BCUT2D eigenvalue weighted by Gasteiger charge is 2.29. The summed E-state index contributed by atoms with van der Waals surface area (Å²) in [4.78, 5) is 2.24. The molecule has 0 aromatic heterocycles. The standard InChI is InChI=1S/C14H21FN2/c1-10-6-7-13(15)12(8-10)14(9-16)17(2)11-4-3-5-11/h6-8,11,14H,3-5,9,16H2,1-2H3. The van der Waals surface area contributed by atoms with Gasteiger partial charge in [0.25, 0.3) is 0 Å². The number of aryl methyl sites for hydroxylation is 1. The van der Waals surface area contributed by atoms with Gasteiger partial charge in [-0.15, -0.1) is 0 Å². The molecule has 1 saturated carbocycles. The second-order valence-corrected chi connectivity index (χ2v) is 5.03. The zero-order valence-corrected chi connectivity index (χ0v) is 10.6. The summed E-state index contributed by atoms with van der Waals surface area (Å²) in [7, 11) is 2.06. The van der Waals surface area contributed by atoms with E-state index in [1.807, 2.05) is 13.0 Å². The van der Waals surface area contributed by atoms with Gasteiger partial charge >= 0.3 is 0 Å². The van der Waals surface area contributed by atoms with Gasteiger partial charge in [0, 0.05) is 24.2 Å². The third kappa shape index (κ3) is 2.50. The molecule has 0 aliphatic heterocycles. The summed E-state index contributed by atoms with van der Waals surface area (Å²) in [6.07, 6.45) is 3.70. The Morgan fingerprint density at radius 1 is 1.47 bits per heavy atom. The highest BCUT2D eigenvalue weighted by Crippen LogP contribution is 2.31. The summed E-state index contributed by atoms with van der Waals surface area (Å²) in [6, 6.07) is 5.84. The zero-order valence-electron chi connectivity index (χ0n) is 10.6. The van der Waals surface area contributed by atoms with Gasteiger partial charge in [-0.25, -0.2) is 4.39 Å². The largest absolute Gasteiger partial charge is 0.329 e. The smallest absolute Gasteiger partial charge is 0.128 e. The minimum Gasteiger partial charge on any atom is -0.329 e. The average Bonchev–Trinajstić information content (AvgIpc) is 2.22. The molecule has 1 fully saturated rings. The van der Waals surface area contributed by atoms with Crippen LogP contribution in [0.1, 0.15) is 36.4 Å². The molecule has 1 unspecified atom stereocenters. The Morgan fingerprint density at radius 3 is 2.71 bits per heavy atom. The molecule has 0 amide bonds. The first-order valence-electron chi connectivity index (χ1n) is 6.31. The van der Waals surface area contributed by atoms with Crippen molar-refractivity contribution in [3.05, 3.63) is 35.1 Å². The maximum absolute atomic E-state index is 13.9. The Hall–Kier alpha value is -0.930. The van der Waals surface area contributed by atoms with E-state index < -0.39 is 0 Å². The van der Waals surface area contributed by atoms with E-state index in [2.05, 4.69) is 11.9 Å². The Bertz CT molecular complexity index is 388. The Balaban J connectivity index is 2.24. The zero-order chi connectivity index (χ0) is 12.4. The molecule has 1 aromatic rings. The van der Waals surface area contributed by atoms with Crippen LogP contribution in [0.3, 0.4) is 0 Å². The summed E-state index contributed by atoms with van der Waals surface area (Å²) >= 11 is 0. The second kappa shape index (κ2) is 5.15. The summed E-state index contributed by atoms with van der Waals surface area (Å²) in [5.41, 5.74) is 7.66. The Kier molecular flexibility index (Phi) is 3.79. The van der Waals surface area contributed by atoms with E-state index in [9.17, 15) is 4.39 Å². The van der Waals surface area contributed by atoms with E-state index in [4.69, 9.17) is 5.73 Å². The highest BCUT2D eigenvalue weighted by atomic mass is 19.1. The predicted molar refractivity (Wildman–Crippen MR) is 68.3 cm³/mol. The molecule has 3 heteroatoms. The molecule has 0 radical (unpaired) electrons. The minimum absolute atomic E-state index is 0.000185. The lowest BCUT2D eigenvalue weighted by Crippen LogP contribution is -2.42. The topological polar surface area (TPSA) is 29.3 Å². The van der Waals surface area contributed by atoms with Gasteiger partial charge < -0.3 is 5.73 Å². The van der Waals surface area contributed by atoms with Crippen molar-refractivity contribution in [2.45, 2.75) is 38.3 Å². The first-order chi connectivity index (χ1) is 8.13. The van der Waals surface area contributed by atoms with Crippen molar-refractivity contribution in [1.82, 2.24) is 4.90 Å². The van der Waals surface area contributed by atoms with Crippen LogP contribution in [0.25, 0.3) is 0 Å². The monoisotopic (exact) mass is 236 g/mol. The van der Waals surface area contributed by atoms with E-state index in [0.29, 0.717) is 12.6 Å². The molecular formula is C14H21FN2. The third-order valence-corrected chi connectivity index (χ3v) is 3.88. The van der Waals surface area contributed by atoms with Crippen LogP contribution in [0.4, 0.5) is 4.39 Å². The Labute approximate surface area is 103 Å². The summed E-state index contributed by atoms with van der Waals surface area (Å²) in [5, 5.41) is 0. The van der Waals surface area contributed by atoms with Crippen molar-refractivity contribution >= 4 is 0 Å². The molecule has 0 heterocycles. The predicted octanol–water partition coefficient (Wildman–Crippen LogP) is 2.62. The van der Waals surface area contributed by atoms with Gasteiger partial charge in [0.1, 0.15) is 5.82 Å². The normalized spacial score (nSPS) is 18.2. The molecule has 1 atom stereocenters. The molecule has 0 bridgehead atoms. The van der Waals surface area contributed by atoms with Crippen molar-refractivity contribution in [3.63, 3.8) is 0 Å². The maximum atomic E-state index is 13.9. The Morgan fingerprint density at radius 2 is 2.18 bits per heavy atom. The number of nitrogens with zero attached hydrogens (tertiary/aromatic N) is 1. The van der Waals surface area contributed by atoms with Crippen molar-refractivity contribution < 1.29 is 4.39 Å². The van der Waals surface area contributed by atoms with Crippen LogP contribution in [-0.2, 0) is 0 Å². The molecule has 2 rings (SSSR count). The lowest BCUT2D eigenvalue weighted by Gasteiger charge is -2.40. The number of benzene rings is 1. The number of hydrogen-bond donors (Lipinski definition) is 1. The van der Waals surface area contributed by atoms with Crippen LogP contribution in [0.15, 0.2) is 18.2 Å². The van der Waals surface area contributed by atoms with E-state index in [1.165, 1.54) is 19.3 Å². The number of rotatable bonds is 4.